The molecule has 3 heteroatoms. The van der Waals surface area contributed by atoms with E-state index in [-0.39, 0.29) is 0 Å². The van der Waals surface area contributed by atoms with Crippen molar-refractivity contribution in [3.8, 4) is 44.5 Å². The molecule has 1 aliphatic carbocycles. The molecule has 0 bridgehead atoms. The van der Waals surface area contributed by atoms with Gasteiger partial charge in [-0.2, -0.15) is 0 Å². The zero-order valence-electron chi connectivity index (χ0n) is 38.1. The van der Waals surface area contributed by atoms with Crippen LogP contribution < -0.4 is 4.90 Å². The Balaban J connectivity index is 0.925. The number of benzene rings is 11. The first kappa shape index (κ1) is 40.7. The Kier molecular flexibility index (Phi) is 9.55. The second-order valence-corrected chi connectivity index (χ2v) is 20.5. The van der Waals surface area contributed by atoms with E-state index in [1.807, 2.05) is 22.7 Å². The van der Waals surface area contributed by atoms with Gasteiger partial charge in [-0.05, 0) is 122 Å². The van der Waals surface area contributed by atoms with Crippen molar-refractivity contribution in [2.75, 3.05) is 4.90 Å². The van der Waals surface area contributed by atoms with Gasteiger partial charge in [0.2, 0.25) is 0 Å². The highest BCUT2D eigenvalue weighted by atomic mass is 32.1. The average Bonchev–Trinajstić information content (AvgIpc) is 4.11. The Hall–Kier alpha value is -8.34. The summed E-state index contributed by atoms with van der Waals surface area (Å²) in [6.45, 7) is 0. The Morgan fingerprint density at radius 1 is 0.300 bits per heavy atom. The zero-order valence-corrected chi connectivity index (χ0v) is 39.7. The van der Waals surface area contributed by atoms with E-state index in [2.05, 4.69) is 266 Å². The number of hydrogen-bond donors (Lipinski definition) is 0. The van der Waals surface area contributed by atoms with Crippen molar-refractivity contribution in [3.05, 3.63) is 283 Å². The lowest BCUT2D eigenvalue weighted by Crippen LogP contribution is -2.28. The molecule has 0 saturated carbocycles. The van der Waals surface area contributed by atoms with Crippen LogP contribution >= 0.6 is 22.7 Å². The number of fused-ring (bicyclic) bond motifs is 9. The van der Waals surface area contributed by atoms with Crippen LogP contribution in [-0.2, 0) is 5.41 Å². The first-order valence-electron chi connectivity index (χ1n) is 24.0. The van der Waals surface area contributed by atoms with E-state index >= 15 is 0 Å². The molecule has 13 aromatic rings. The van der Waals surface area contributed by atoms with E-state index < -0.39 is 5.41 Å². The molecule has 11 aromatic carbocycles. The zero-order chi connectivity index (χ0) is 46.2. The standard InChI is InChI=1S/C67H43NS2/c1-3-18-49(19-4-1)67(50-20-5-2-6-21-50)59-27-10-7-24-57(59)65-60(67)28-15-29-61(65)68(52-39-34-45(35-40-52)53-25-14-26-56-54-22-8-12-31-63(54)70-66(53)56)51-37-32-44(33-38-51)46-16-13-17-47(42-46)48-36-41-64-58(43-48)55-23-9-11-30-62(55)69-64/h1-43H. The van der Waals surface area contributed by atoms with Crippen LogP contribution in [0.3, 0.4) is 0 Å². The largest absolute Gasteiger partial charge is 0.310 e. The third kappa shape index (κ3) is 6.36. The summed E-state index contributed by atoms with van der Waals surface area (Å²) >= 11 is 3.74. The second-order valence-electron chi connectivity index (χ2n) is 18.3. The lowest BCUT2D eigenvalue weighted by atomic mass is 9.68. The van der Waals surface area contributed by atoms with Crippen molar-refractivity contribution >= 4 is 80.1 Å². The van der Waals surface area contributed by atoms with E-state index in [4.69, 9.17) is 0 Å². The van der Waals surface area contributed by atoms with Crippen molar-refractivity contribution < 1.29 is 0 Å². The lowest BCUT2D eigenvalue weighted by molar-refractivity contribution is 0.768. The number of hydrogen-bond acceptors (Lipinski definition) is 3. The monoisotopic (exact) mass is 925 g/mol. The van der Waals surface area contributed by atoms with Crippen LogP contribution in [0.25, 0.3) is 84.9 Å². The molecule has 0 atom stereocenters. The van der Waals surface area contributed by atoms with Crippen molar-refractivity contribution in [1.82, 2.24) is 0 Å². The van der Waals surface area contributed by atoms with Crippen LogP contribution in [0, 0.1) is 0 Å². The summed E-state index contributed by atoms with van der Waals surface area (Å²) in [4.78, 5) is 2.48. The quantitative estimate of drug-likeness (QED) is 0.147. The van der Waals surface area contributed by atoms with Crippen LogP contribution in [0.2, 0.25) is 0 Å². The minimum absolute atomic E-state index is 0.515. The summed E-state index contributed by atoms with van der Waals surface area (Å²) in [5.74, 6) is 0. The predicted molar refractivity (Wildman–Crippen MR) is 301 cm³/mol. The van der Waals surface area contributed by atoms with E-state index in [0.29, 0.717) is 0 Å². The molecule has 1 nitrogen and oxygen atoms in total. The average molecular weight is 926 g/mol. The predicted octanol–water partition coefficient (Wildman–Crippen LogP) is 19.3. The molecule has 70 heavy (non-hydrogen) atoms. The first-order chi connectivity index (χ1) is 34.7. The van der Waals surface area contributed by atoms with Gasteiger partial charge in [-0.15, -0.1) is 22.7 Å². The normalized spacial score (nSPS) is 12.7. The number of anilines is 3. The van der Waals surface area contributed by atoms with Gasteiger partial charge in [0.05, 0.1) is 11.1 Å². The molecule has 328 valence electrons. The molecule has 2 aromatic heterocycles. The first-order valence-corrected chi connectivity index (χ1v) is 25.6. The maximum atomic E-state index is 2.48. The van der Waals surface area contributed by atoms with Gasteiger partial charge in [0, 0.05) is 57.3 Å². The van der Waals surface area contributed by atoms with E-state index in [1.54, 1.807) is 0 Å². The molecule has 0 aliphatic heterocycles. The minimum atomic E-state index is -0.515. The van der Waals surface area contributed by atoms with Crippen molar-refractivity contribution in [1.29, 1.82) is 0 Å². The van der Waals surface area contributed by atoms with Gasteiger partial charge in [-0.3, -0.25) is 0 Å². The summed E-state index contributed by atoms with van der Waals surface area (Å²) in [5, 5.41) is 5.27. The fourth-order valence-corrected chi connectivity index (χ4v) is 13.8. The maximum Gasteiger partial charge on any atom is 0.0714 e. The fraction of sp³-hybridized carbons (Fsp3) is 0.0149. The Morgan fingerprint density at radius 3 is 1.53 bits per heavy atom. The van der Waals surface area contributed by atoms with Crippen molar-refractivity contribution in [2.45, 2.75) is 5.41 Å². The third-order valence-corrected chi connectivity index (χ3v) is 16.9. The van der Waals surface area contributed by atoms with E-state index in [9.17, 15) is 0 Å². The highest BCUT2D eigenvalue weighted by molar-refractivity contribution is 7.26. The fourth-order valence-electron chi connectivity index (χ4n) is 11.4. The van der Waals surface area contributed by atoms with E-state index in [0.717, 1.165) is 17.1 Å². The second kappa shape index (κ2) is 16.4. The van der Waals surface area contributed by atoms with Gasteiger partial charge in [0.25, 0.3) is 0 Å². The highest BCUT2D eigenvalue weighted by Crippen LogP contribution is 2.59. The van der Waals surface area contributed by atoms with Crippen LogP contribution in [-0.4, -0.2) is 0 Å². The molecule has 2 heterocycles. The Labute approximate surface area is 415 Å². The molecule has 0 saturated heterocycles. The SMILES string of the molecule is c1ccc(C2(c3ccccc3)c3ccccc3-c3c(N(c4ccc(-c5cccc(-c6ccc7sc8ccccc8c7c6)c5)cc4)c4ccc(-c5cccc6c5sc5ccccc56)cc4)cccc32)cc1. The third-order valence-electron chi connectivity index (χ3n) is 14.6. The number of thiophene rings is 2. The Bertz CT molecular complexity index is 4070. The van der Waals surface area contributed by atoms with Gasteiger partial charge < -0.3 is 4.90 Å². The summed E-state index contributed by atoms with van der Waals surface area (Å²) in [6.07, 6.45) is 0. The molecule has 0 unspecified atom stereocenters. The van der Waals surface area contributed by atoms with Gasteiger partial charge >= 0.3 is 0 Å². The summed E-state index contributed by atoms with van der Waals surface area (Å²) in [5.41, 5.74) is 17.7. The van der Waals surface area contributed by atoms with Gasteiger partial charge in [0.15, 0.2) is 0 Å². The molecule has 14 rings (SSSR count). The molecular formula is C67H43NS2. The lowest BCUT2D eigenvalue weighted by Gasteiger charge is -2.34. The number of rotatable bonds is 8. The summed E-state index contributed by atoms with van der Waals surface area (Å²) in [7, 11) is 0. The van der Waals surface area contributed by atoms with Gasteiger partial charge in [-0.25, -0.2) is 0 Å². The smallest absolute Gasteiger partial charge is 0.0714 e. The van der Waals surface area contributed by atoms with Crippen LogP contribution in [0.4, 0.5) is 17.1 Å². The van der Waals surface area contributed by atoms with Crippen LogP contribution in [0.15, 0.2) is 261 Å². The molecule has 1 aliphatic rings. The Morgan fingerprint density at radius 2 is 0.800 bits per heavy atom. The molecule has 0 amide bonds. The molecule has 0 spiro atoms. The van der Waals surface area contributed by atoms with Crippen molar-refractivity contribution in [2.24, 2.45) is 0 Å². The minimum Gasteiger partial charge on any atom is -0.310 e. The topological polar surface area (TPSA) is 3.24 Å². The molecule has 0 N–H and O–H groups in total. The van der Waals surface area contributed by atoms with Crippen LogP contribution in [0.1, 0.15) is 22.3 Å². The number of nitrogens with zero attached hydrogens (tertiary/aromatic N) is 1. The van der Waals surface area contributed by atoms with Crippen molar-refractivity contribution in [3.63, 3.8) is 0 Å². The van der Waals surface area contributed by atoms with Crippen LogP contribution in [0.5, 0.6) is 0 Å². The highest BCUT2D eigenvalue weighted by Gasteiger charge is 2.47. The molecular weight excluding hydrogens is 883 g/mol. The summed E-state index contributed by atoms with van der Waals surface area (Å²) in [6, 6.07) is 96.8. The molecule has 0 radical (unpaired) electrons. The van der Waals surface area contributed by atoms with Gasteiger partial charge in [0.1, 0.15) is 0 Å². The molecule has 0 fully saturated rings. The van der Waals surface area contributed by atoms with E-state index in [1.165, 1.54) is 107 Å². The van der Waals surface area contributed by atoms with Gasteiger partial charge in [-0.1, -0.05) is 200 Å². The summed E-state index contributed by atoms with van der Waals surface area (Å²) < 4.78 is 5.29. The maximum absolute atomic E-state index is 2.48.